The number of halogens is 3. The van der Waals surface area contributed by atoms with Gasteiger partial charge in [-0.1, -0.05) is 6.07 Å². The molecule has 2 aromatic rings. The van der Waals surface area contributed by atoms with Crippen LogP contribution < -0.4 is 5.32 Å². The Morgan fingerprint density at radius 1 is 1.29 bits per heavy atom. The van der Waals surface area contributed by atoms with Crippen molar-refractivity contribution in [3.63, 3.8) is 0 Å². The van der Waals surface area contributed by atoms with Crippen LogP contribution in [0.5, 0.6) is 0 Å². The van der Waals surface area contributed by atoms with E-state index in [0.29, 0.717) is 0 Å². The van der Waals surface area contributed by atoms with Gasteiger partial charge in [-0.3, -0.25) is 15.1 Å². The van der Waals surface area contributed by atoms with Gasteiger partial charge in [0.2, 0.25) is 0 Å². The largest absolute Gasteiger partial charge is 0.423 e. The quantitative estimate of drug-likeness (QED) is 0.691. The average Bonchev–Trinajstić information content (AvgIpc) is 2.45. The summed E-state index contributed by atoms with van der Waals surface area (Å²) in [5.74, 6) is 0. The van der Waals surface area contributed by atoms with Crippen LogP contribution in [0.4, 0.5) is 24.5 Å². The number of hydrogen-bond acceptors (Lipinski definition) is 4. The summed E-state index contributed by atoms with van der Waals surface area (Å²) in [6.07, 6.45) is -1.63. The first-order valence-corrected chi connectivity index (χ1v) is 5.86. The van der Waals surface area contributed by atoms with Crippen LogP contribution in [0.2, 0.25) is 0 Å². The van der Waals surface area contributed by atoms with Gasteiger partial charge in [-0.15, -0.1) is 0 Å². The predicted octanol–water partition coefficient (Wildman–Crippen LogP) is 3.62. The molecule has 0 saturated heterocycles. The van der Waals surface area contributed by atoms with Gasteiger partial charge in [0.15, 0.2) is 0 Å². The van der Waals surface area contributed by atoms with Gasteiger partial charge in [0.05, 0.1) is 4.92 Å². The van der Waals surface area contributed by atoms with E-state index in [1.807, 2.05) is 0 Å². The van der Waals surface area contributed by atoms with Crippen molar-refractivity contribution in [2.45, 2.75) is 12.7 Å². The van der Waals surface area contributed by atoms with Crippen molar-refractivity contribution in [1.29, 1.82) is 0 Å². The second-order valence-corrected chi connectivity index (χ2v) is 4.20. The minimum absolute atomic E-state index is 0.150. The van der Waals surface area contributed by atoms with E-state index in [1.165, 1.54) is 6.07 Å². The summed E-state index contributed by atoms with van der Waals surface area (Å²) < 4.78 is 38.4. The van der Waals surface area contributed by atoms with Crippen LogP contribution in [0, 0.1) is 10.1 Å². The maximum atomic E-state index is 12.8. The maximum absolute atomic E-state index is 12.8. The fourth-order valence-corrected chi connectivity index (χ4v) is 1.74. The third-order valence-corrected chi connectivity index (χ3v) is 2.72. The molecule has 1 N–H and O–H groups in total. The molecule has 0 atom stereocenters. The molecule has 0 radical (unpaired) electrons. The maximum Gasteiger partial charge on any atom is 0.423 e. The van der Waals surface area contributed by atoms with Crippen LogP contribution in [-0.2, 0) is 12.7 Å². The Morgan fingerprint density at radius 3 is 2.62 bits per heavy atom. The van der Waals surface area contributed by atoms with Crippen molar-refractivity contribution in [2.24, 2.45) is 0 Å². The van der Waals surface area contributed by atoms with Gasteiger partial charge >= 0.3 is 6.18 Å². The molecule has 0 amide bonds. The highest BCUT2D eigenvalue weighted by molar-refractivity contribution is 5.55. The Balaban J connectivity index is 2.24. The molecule has 0 fully saturated rings. The predicted molar refractivity (Wildman–Crippen MR) is 69.7 cm³/mol. The lowest BCUT2D eigenvalue weighted by Gasteiger charge is -2.11. The first-order chi connectivity index (χ1) is 9.88. The summed E-state index contributed by atoms with van der Waals surface area (Å²) in [6, 6.07) is 6.27. The lowest BCUT2D eigenvalue weighted by molar-refractivity contribution is -0.388. The molecular formula is C13H10F3N3O2. The molecule has 5 nitrogen and oxygen atoms in total. The number of benzene rings is 1. The highest BCUT2D eigenvalue weighted by Gasteiger charge is 2.38. The Labute approximate surface area is 117 Å². The molecule has 0 spiro atoms. The fourth-order valence-electron chi connectivity index (χ4n) is 1.74. The molecule has 0 aliphatic carbocycles. The third kappa shape index (κ3) is 3.68. The molecule has 8 heteroatoms. The SMILES string of the molecule is O=[N+]([O-])c1ccc(NCc2cccnc2)cc1C(F)(F)F. The van der Waals surface area contributed by atoms with E-state index in [1.54, 1.807) is 24.5 Å². The number of nitrogens with one attached hydrogen (secondary N) is 1. The van der Waals surface area contributed by atoms with Crippen LogP contribution >= 0.6 is 0 Å². The number of pyridine rings is 1. The Morgan fingerprint density at radius 2 is 2.05 bits per heavy atom. The molecule has 0 aliphatic heterocycles. The molecule has 0 aliphatic rings. The molecule has 0 unspecified atom stereocenters. The number of aromatic nitrogens is 1. The van der Waals surface area contributed by atoms with Crippen LogP contribution in [0.1, 0.15) is 11.1 Å². The van der Waals surface area contributed by atoms with Crippen molar-refractivity contribution in [3.05, 3.63) is 64.0 Å². The monoisotopic (exact) mass is 297 g/mol. The van der Waals surface area contributed by atoms with E-state index < -0.39 is 22.4 Å². The molecule has 0 saturated carbocycles. The molecule has 1 aromatic heterocycles. The zero-order valence-corrected chi connectivity index (χ0v) is 10.6. The van der Waals surface area contributed by atoms with Gasteiger partial charge in [-0.05, 0) is 23.8 Å². The number of nitro groups is 1. The lowest BCUT2D eigenvalue weighted by atomic mass is 10.1. The summed E-state index contributed by atoms with van der Waals surface area (Å²) in [5.41, 5.74) is -1.31. The zero-order chi connectivity index (χ0) is 15.5. The lowest BCUT2D eigenvalue weighted by Crippen LogP contribution is -2.10. The van der Waals surface area contributed by atoms with E-state index in [9.17, 15) is 23.3 Å². The van der Waals surface area contributed by atoms with Gasteiger partial charge < -0.3 is 5.32 Å². The van der Waals surface area contributed by atoms with Crippen molar-refractivity contribution in [3.8, 4) is 0 Å². The van der Waals surface area contributed by atoms with Crippen molar-refractivity contribution >= 4 is 11.4 Å². The van der Waals surface area contributed by atoms with Crippen LogP contribution in [0.15, 0.2) is 42.7 Å². The molecule has 110 valence electrons. The highest BCUT2D eigenvalue weighted by Crippen LogP contribution is 2.37. The summed E-state index contributed by atoms with van der Waals surface area (Å²) >= 11 is 0. The van der Waals surface area contributed by atoms with Crippen LogP contribution in [0.3, 0.4) is 0 Å². The fraction of sp³-hybridized carbons (Fsp3) is 0.154. The average molecular weight is 297 g/mol. The summed E-state index contributed by atoms with van der Waals surface area (Å²) in [5, 5.41) is 13.4. The van der Waals surface area contributed by atoms with E-state index in [0.717, 1.165) is 17.7 Å². The second-order valence-electron chi connectivity index (χ2n) is 4.20. The number of nitrogens with zero attached hydrogens (tertiary/aromatic N) is 2. The molecule has 1 heterocycles. The van der Waals surface area contributed by atoms with Crippen molar-refractivity contribution in [2.75, 3.05) is 5.32 Å². The van der Waals surface area contributed by atoms with E-state index in [4.69, 9.17) is 0 Å². The molecular weight excluding hydrogens is 287 g/mol. The first-order valence-electron chi connectivity index (χ1n) is 5.86. The topological polar surface area (TPSA) is 68.1 Å². The Bertz CT molecular complexity index is 645. The summed E-state index contributed by atoms with van der Waals surface area (Å²) in [4.78, 5) is 13.5. The summed E-state index contributed by atoms with van der Waals surface area (Å²) in [6.45, 7) is 0.267. The van der Waals surface area contributed by atoms with E-state index in [2.05, 4.69) is 10.3 Å². The van der Waals surface area contributed by atoms with Gasteiger partial charge in [0.1, 0.15) is 5.56 Å². The van der Waals surface area contributed by atoms with Gasteiger partial charge in [-0.2, -0.15) is 13.2 Å². The van der Waals surface area contributed by atoms with E-state index >= 15 is 0 Å². The minimum atomic E-state index is -4.78. The van der Waals surface area contributed by atoms with Crippen LogP contribution in [-0.4, -0.2) is 9.91 Å². The number of anilines is 1. The Kier molecular flexibility index (Phi) is 4.06. The molecule has 21 heavy (non-hydrogen) atoms. The van der Waals surface area contributed by atoms with E-state index in [-0.39, 0.29) is 12.2 Å². The standard InChI is InChI=1S/C13H10F3N3O2/c14-13(15,16)11-6-10(3-4-12(11)19(20)21)18-8-9-2-1-5-17-7-9/h1-7,18H,8H2. The number of hydrogen-bond donors (Lipinski definition) is 1. The second kappa shape index (κ2) is 5.78. The molecule has 2 rings (SSSR count). The number of rotatable bonds is 4. The van der Waals surface area contributed by atoms with Crippen molar-refractivity contribution < 1.29 is 18.1 Å². The highest BCUT2D eigenvalue weighted by atomic mass is 19.4. The number of alkyl halides is 3. The molecule has 0 bridgehead atoms. The Hall–Kier alpha value is -2.64. The number of nitro benzene ring substituents is 1. The van der Waals surface area contributed by atoms with Crippen LogP contribution in [0.25, 0.3) is 0 Å². The third-order valence-electron chi connectivity index (χ3n) is 2.72. The minimum Gasteiger partial charge on any atom is -0.381 e. The van der Waals surface area contributed by atoms with Gasteiger partial charge in [0, 0.05) is 30.7 Å². The van der Waals surface area contributed by atoms with Gasteiger partial charge in [-0.25, -0.2) is 0 Å². The smallest absolute Gasteiger partial charge is 0.381 e. The first kappa shape index (κ1) is 14.8. The normalized spacial score (nSPS) is 11.2. The van der Waals surface area contributed by atoms with Crippen molar-refractivity contribution in [1.82, 2.24) is 4.98 Å². The van der Waals surface area contributed by atoms with Gasteiger partial charge in [0.25, 0.3) is 5.69 Å². The molecule has 1 aromatic carbocycles. The zero-order valence-electron chi connectivity index (χ0n) is 10.6. The summed E-state index contributed by atoms with van der Waals surface area (Å²) in [7, 11) is 0.